The van der Waals surface area contributed by atoms with Crippen molar-refractivity contribution < 1.29 is 4.39 Å². The summed E-state index contributed by atoms with van der Waals surface area (Å²) in [6.45, 7) is 1.16. The molecule has 0 aliphatic rings. The highest BCUT2D eigenvalue weighted by molar-refractivity contribution is 5.18. The summed E-state index contributed by atoms with van der Waals surface area (Å²) in [5.41, 5.74) is 11.5. The molecule has 0 heterocycles. The predicted molar refractivity (Wildman–Crippen MR) is 36.2 cm³/mol. The second-order valence-electron chi connectivity index (χ2n) is 1.70. The molecule has 0 amide bonds. The minimum absolute atomic E-state index is 0.424. The molecule has 0 bridgehead atoms. The maximum atomic E-state index is 11.4. The van der Waals surface area contributed by atoms with Gasteiger partial charge < -0.3 is 11.5 Å². The Hall–Kier alpha value is -0.990. The third kappa shape index (κ3) is 3.58. The van der Waals surface area contributed by atoms with Crippen molar-refractivity contribution in [2.75, 3.05) is 6.67 Å². The largest absolute Gasteiger partial charge is 0.401 e. The first-order valence-electron chi connectivity index (χ1n) is 2.62. The van der Waals surface area contributed by atoms with Gasteiger partial charge in [0.15, 0.2) is 0 Å². The Morgan fingerprint density at radius 2 is 2.11 bits per heavy atom. The molecular formula is C6H11FN2. The monoisotopic (exact) mass is 130 g/mol. The predicted octanol–water partition coefficient (Wildman–Crippen LogP) is 0.661. The summed E-state index contributed by atoms with van der Waals surface area (Å²) in [6.07, 6.45) is 2.76. The van der Waals surface area contributed by atoms with Crippen molar-refractivity contribution >= 4 is 0 Å². The molecule has 0 rings (SSSR count). The summed E-state index contributed by atoms with van der Waals surface area (Å²) in [6, 6.07) is 0. The van der Waals surface area contributed by atoms with Gasteiger partial charge >= 0.3 is 0 Å². The van der Waals surface area contributed by atoms with Crippen LogP contribution in [-0.2, 0) is 0 Å². The van der Waals surface area contributed by atoms with Crippen molar-refractivity contribution in [1.82, 2.24) is 0 Å². The van der Waals surface area contributed by atoms with Gasteiger partial charge in [0.05, 0.1) is 0 Å². The number of nitrogens with two attached hydrogens (primary N) is 2. The molecule has 9 heavy (non-hydrogen) atoms. The topological polar surface area (TPSA) is 52.0 Å². The van der Waals surface area contributed by atoms with E-state index in [1.807, 2.05) is 0 Å². The molecule has 0 aromatic heterocycles. The van der Waals surface area contributed by atoms with Crippen LogP contribution in [0.2, 0.25) is 0 Å². The molecule has 0 aliphatic carbocycles. The molecule has 0 aliphatic heterocycles. The van der Waals surface area contributed by atoms with Crippen LogP contribution in [-0.4, -0.2) is 6.67 Å². The zero-order chi connectivity index (χ0) is 7.28. The lowest BCUT2D eigenvalue weighted by Crippen LogP contribution is -2.03. The second-order valence-corrected chi connectivity index (χ2v) is 1.70. The average molecular weight is 130 g/mol. The molecule has 0 saturated carbocycles. The summed E-state index contributed by atoms with van der Waals surface area (Å²) in [7, 11) is 0. The van der Waals surface area contributed by atoms with E-state index in [9.17, 15) is 4.39 Å². The number of hydrogen-bond donors (Lipinski definition) is 2. The third-order valence-electron chi connectivity index (χ3n) is 0.842. The quantitative estimate of drug-likeness (QED) is 0.539. The molecule has 0 aromatic carbocycles. The molecule has 0 fully saturated rings. The molecule has 3 heteroatoms. The molecule has 0 spiro atoms. The first kappa shape index (κ1) is 8.01. The van der Waals surface area contributed by atoms with E-state index in [1.165, 1.54) is 12.2 Å². The zero-order valence-electron chi connectivity index (χ0n) is 5.39. The highest BCUT2D eigenvalue weighted by Gasteiger charge is 1.83. The van der Waals surface area contributed by atoms with Crippen LogP contribution in [0.25, 0.3) is 0 Å². The number of allylic oxidation sites excluding steroid dienone is 3. The highest BCUT2D eigenvalue weighted by Crippen LogP contribution is 1.90. The molecule has 52 valence electrons. The van der Waals surface area contributed by atoms with Crippen molar-refractivity contribution in [3.63, 3.8) is 0 Å². The maximum Gasteiger partial charge on any atom is 0.108 e. The smallest absolute Gasteiger partial charge is 0.108 e. The van der Waals surface area contributed by atoms with Gasteiger partial charge in [-0.1, -0.05) is 6.08 Å². The van der Waals surface area contributed by atoms with Crippen LogP contribution in [0.3, 0.4) is 0 Å². The van der Waals surface area contributed by atoms with Gasteiger partial charge in [0.1, 0.15) is 6.67 Å². The van der Waals surface area contributed by atoms with Gasteiger partial charge in [-0.25, -0.2) is 4.39 Å². The summed E-state index contributed by atoms with van der Waals surface area (Å²) in [5.74, 6) is 0. The minimum Gasteiger partial charge on any atom is -0.401 e. The Morgan fingerprint density at radius 3 is 2.44 bits per heavy atom. The first-order chi connectivity index (χ1) is 4.18. The van der Waals surface area contributed by atoms with E-state index in [-0.39, 0.29) is 0 Å². The van der Waals surface area contributed by atoms with Crippen LogP contribution in [0.5, 0.6) is 0 Å². The van der Waals surface area contributed by atoms with Crippen LogP contribution in [0.1, 0.15) is 6.92 Å². The Morgan fingerprint density at radius 1 is 1.56 bits per heavy atom. The Kier molecular flexibility index (Phi) is 3.51. The van der Waals surface area contributed by atoms with E-state index in [0.29, 0.717) is 11.4 Å². The van der Waals surface area contributed by atoms with E-state index in [4.69, 9.17) is 11.5 Å². The average Bonchev–Trinajstić information content (AvgIpc) is 1.82. The number of rotatable bonds is 2. The van der Waals surface area contributed by atoms with E-state index >= 15 is 0 Å². The van der Waals surface area contributed by atoms with Gasteiger partial charge in [-0.05, 0) is 13.0 Å². The Balaban J connectivity index is 3.91. The van der Waals surface area contributed by atoms with Gasteiger partial charge in [0, 0.05) is 11.4 Å². The summed E-state index contributed by atoms with van der Waals surface area (Å²) in [4.78, 5) is 0. The molecule has 0 radical (unpaired) electrons. The number of halogens is 1. The van der Waals surface area contributed by atoms with Gasteiger partial charge in [-0.3, -0.25) is 0 Å². The van der Waals surface area contributed by atoms with Crippen LogP contribution in [0.4, 0.5) is 4.39 Å². The number of alkyl halides is 1. The molecule has 2 nitrogen and oxygen atoms in total. The maximum absolute atomic E-state index is 11.4. The van der Waals surface area contributed by atoms with E-state index in [1.54, 1.807) is 6.92 Å². The van der Waals surface area contributed by atoms with Crippen LogP contribution in [0, 0.1) is 0 Å². The lowest BCUT2D eigenvalue weighted by atomic mass is 10.3. The van der Waals surface area contributed by atoms with E-state index in [0.717, 1.165) is 0 Å². The molecule has 0 unspecified atom stereocenters. The van der Waals surface area contributed by atoms with Gasteiger partial charge in [0.25, 0.3) is 0 Å². The van der Waals surface area contributed by atoms with Crippen molar-refractivity contribution in [1.29, 1.82) is 0 Å². The zero-order valence-corrected chi connectivity index (χ0v) is 5.39. The van der Waals surface area contributed by atoms with Gasteiger partial charge in [0.2, 0.25) is 0 Å². The van der Waals surface area contributed by atoms with Crippen molar-refractivity contribution in [3.8, 4) is 0 Å². The van der Waals surface area contributed by atoms with Crippen LogP contribution in [0.15, 0.2) is 23.5 Å². The van der Waals surface area contributed by atoms with E-state index in [2.05, 4.69) is 0 Å². The van der Waals surface area contributed by atoms with E-state index < -0.39 is 6.67 Å². The van der Waals surface area contributed by atoms with Crippen molar-refractivity contribution in [3.05, 3.63) is 23.5 Å². The lowest BCUT2D eigenvalue weighted by Gasteiger charge is -1.93. The van der Waals surface area contributed by atoms with Crippen LogP contribution < -0.4 is 11.5 Å². The van der Waals surface area contributed by atoms with Gasteiger partial charge in [-0.2, -0.15) is 0 Å². The fourth-order valence-corrected chi connectivity index (χ4v) is 0.303. The minimum atomic E-state index is -0.506. The summed E-state index contributed by atoms with van der Waals surface area (Å²) < 4.78 is 11.4. The molecule has 0 atom stereocenters. The molecule has 0 aromatic rings. The SMILES string of the molecule is C/C(N)=C(N)\C=C/CF. The second kappa shape index (κ2) is 3.95. The number of hydrogen-bond acceptors (Lipinski definition) is 2. The van der Waals surface area contributed by atoms with Crippen molar-refractivity contribution in [2.24, 2.45) is 11.5 Å². The highest BCUT2D eigenvalue weighted by atomic mass is 19.1. The normalized spacial score (nSPS) is 14.0. The molecular weight excluding hydrogens is 119 g/mol. The van der Waals surface area contributed by atoms with Crippen LogP contribution >= 0.6 is 0 Å². The lowest BCUT2D eigenvalue weighted by molar-refractivity contribution is 0.561. The summed E-state index contributed by atoms with van der Waals surface area (Å²) >= 11 is 0. The van der Waals surface area contributed by atoms with Crippen molar-refractivity contribution in [2.45, 2.75) is 6.92 Å². The van der Waals surface area contributed by atoms with Gasteiger partial charge in [-0.15, -0.1) is 0 Å². The first-order valence-corrected chi connectivity index (χ1v) is 2.62. The molecule has 0 saturated heterocycles. The fraction of sp³-hybridized carbons (Fsp3) is 0.333. The Bertz CT molecular complexity index is 134. The third-order valence-corrected chi connectivity index (χ3v) is 0.842. The molecule has 4 N–H and O–H groups in total. The Labute approximate surface area is 54.0 Å². The fourth-order valence-electron chi connectivity index (χ4n) is 0.303. The summed E-state index contributed by atoms with van der Waals surface area (Å²) in [5, 5.41) is 0. The standard InChI is InChI=1S/C6H11FN2/c1-5(8)6(9)3-2-4-7/h2-3H,4,8-9H2,1H3/b3-2-,6-5-.